The van der Waals surface area contributed by atoms with Gasteiger partial charge < -0.3 is 15.3 Å². The number of carboxylic acid groups (broad SMARTS) is 1. The molecule has 2 N–H and O–H groups in total. The summed E-state index contributed by atoms with van der Waals surface area (Å²) in [5.74, 6) is -0.763. The maximum atomic E-state index is 10.6. The quantitative estimate of drug-likeness (QED) is 0.872. The van der Waals surface area contributed by atoms with Crippen molar-refractivity contribution in [1.82, 2.24) is 9.88 Å². The molecule has 0 spiro atoms. The standard InChI is InChI=1S/C14H21N3O2S/c18-13(19)4-3-11-9-20-14(16-11)15-10-5-7-17-6-1-2-12(17)8-10/h9-10,12H,1-8H2,(H,15,16)(H,18,19). The summed E-state index contributed by atoms with van der Waals surface area (Å²) >= 11 is 1.59. The Morgan fingerprint density at radius 3 is 3.25 bits per heavy atom. The van der Waals surface area contributed by atoms with Crippen LogP contribution in [0.25, 0.3) is 0 Å². The number of anilines is 1. The SMILES string of the molecule is O=C(O)CCc1csc(NC2CCN3CCCC3C2)n1. The molecule has 1 aromatic rings. The van der Waals surface area contributed by atoms with E-state index in [1.54, 1.807) is 11.3 Å². The van der Waals surface area contributed by atoms with E-state index in [4.69, 9.17) is 5.11 Å². The Balaban J connectivity index is 1.51. The predicted molar refractivity (Wildman–Crippen MR) is 79.3 cm³/mol. The molecule has 2 aliphatic heterocycles. The van der Waals surface area contributed by atoms with Crippen molar-refractivity contribution in [2.24, 2.45) is 0 Å². The van der Waals surface area contributed by atoms with Crippen LogP contribution >= 0.6 is 11.3 Å². The number of thiazole rings is 1. The summed E-state index contributed by atoms with van der Waals surface area (Å²) in [5, 5.41) is 15.1. The molecule has 2 unspecified atom stereocenters. The van der Waals surface area contributed by atoms with E-state index in [1.807, 2.05) is 5.38 Å². The first-order valence-electron chi connectivity index (χ1n) is 7.37. The first-order chi connectivity index (χ1) is 9.70. The second-order valence-electron chi connectivity index (χ2n) is 5.74. The molecular weight excluding hydrogens is 274 g/mol. The summed E-state index contributed by atoms with van der Waals surface area (Å²) in [5.41, 5.74) is 0.887. The molecule has 0 amide bonds. The zero-order chi connectivity index (χ0) is 13.9. The zero-order valence-electron chi connectivity index (χ0n) is 11.5. The van der Waals surface area contributed by atoms with Crippen molar-refractivity contribution >= 4 is 22.4 Å². The highest BCUT2D eigenvalue weighted by molar-refractivity contribution is 7.13. The van der Waals surface area contributed by atoms with Crippen LogP contribution < -0.4 is 5.32 Å². The van der Waals surface area contributed by atoms with Crippen LogP contribution in [-0.2, 0) is 11.2 Å². The molecule has 20 heavy (non-hydrogen) atoms. The van der Waals surface area contributed by atoms with Gasteiger partial charge >= 0.3 is 5.97 Å². The van der Waals surface area contributed by atoms with Gasteiger partial charge in [-0.15, -0.1) is 11.3 Å². The van der Waals surface area contributed by atoms with Gasteiger partial charge in [0.2, 0.25) is 0 Å². The van der Waals surface area contributed by atoms with Crippen LogP contribution in [0.1, 0.15) is 37.8 Å². The molecule has 3 heterocycles. The fraction of sp³-hybridized carbons (Fsp3) is 0.714. The lowest BCUT2D eigenvalue weighted by molar-refractivity contribution is -0.136. The molecular formula is C14H21N3O2S. The molecule has 5 nitrogen and oxygen atoms in total. The van der Waals surface area contributed by atoms with Crippen molar-refractivity contribution in [3.8, 4) is 0 Å². The third kappa shape index (κ3) is 3.30. The first kappa shape index (κ1) is 13.8. The van der Waals surface area contributed by atoms with Crippen LogP contribution in [-0.4, -0.2) is 46.1 Å². The lowest BCUT2D eigenvalue weighted by Crippen LogP contribution is -2.42. The van der Waals surface area contributed by atoms with Gasteiger partial charge in [-0.2, -0.15) is 0 Å². The zero-order valence-corrected chi connectivity index (χ0v) is 12.4. The fourth-order valence-electron chi connectivity index (χ4n) is 3.25. The number of carbonyl (C=O) groups is 1. The molecule has 3 rings (SSSR count). The molecule has 0 aromatic carbocycles. The average Bonchev–Trinajstić information content (AvgIpc) is 3.04. The molecule has 0 bridgehead atoms. The average molecular weight is 295 g/mol. The number of nitrogens with one attached hydrogen (secondary N) is 1. The number of hydrogen-bond acceptors (Lipinski definition) is 5. The maximum Gasteiger partial charge on any atom is 0.303 e. The van der Waals surface area contributed by atoms with Crippen molar-refractivity contribution in [2.75, 3.05) is 18.4 Å². The monoisotopic (exact) mass is 295 g/mol. The van der Waals surface area contributed by atoms with Gasteiger partial charge in [0.05, 0.1) is 12.1 Å². The molecule has 6 heteroatoms. The number of carboxylic acids is 1. The van der Waals surface area contributed by atoms with Crippen LogP contribution in [0.4, 0.5) is 5.13 Å². The van der Waals surface area contributed by atoms with E-state index in [9.17, 15) is 4.79 Å². The Morgan fingerprint density at radius 1 is 1.50 bits per heavy atom. The van der Waals surface area contributed by atoms with Crippen LogP contribution in [0.2, 0.25) is 0 Å². The molecule has 2 aliphatic rings. The lowest BCUT2D eigenvalue weighted by Gasteiger charge is -2.35. The molecule has 0 aliphatic carbocycles. The van der Waals surface area contributed by atoms with Crippen LogP contribution in [0, 0.1) is 0 Å². The third-order valence-electron chi connectivity index (χ3n) is 4.29. The summed E-state index contributed by atoms with van der Waals surface area (Å²) < 4.78 is 0. The molecule has 1 aromatic heterocycles. The Labute approximate surface area is 123 Å². The summed E-state index contributed by atoms with van der Waals surface area (Å²) in [7, 11) is 0. The highest BCUT2D eigenvalue weighted by Gasteiger charge is 2.31. The lowest BCUT2D eigenvalue weighted by atomic mass is 9.98. The van der Waals surface area contributed by atoms with Gasteiger partial charge in [0.25, 0.3) is 0 Å². The molecule has 110 valence electrons. The summed E-state index contributed by atoms with van der Waals surface area (Å²) in [6.45, 7) is 2.47. The Bertz CT molecular complexity index is 477. The molecule has 2 saturated heterocycles. The highest BCUT2D eigenvalue weighted by atomic mass is 32.1. The molecule has 0 radical (unpaired) electrons. The maximum absolute atomic E-state index is 10.6. The van der Waals surface area contributed by atoms with Gasteiger partial charge in [-0.1, -0.05) is 0 Å². The van der Waals surface area contributed by atoms with E-state index >= 15 is 0 Å². The van der Waals surface area contributed by atoms with E-state index < -0.39 is 5.97 Å². The Kier molecular flexibility index (Phi) is 4.21. The first-order valence-corrected chi connectivity index (χ1v) is 8.25. The predicted octanol–water partition coefficient (Wildman–Crippen LogP) is 2.20. The normalized spacial score (nSPS) is 26.4. The van der Waals surface area contributed by atoms with Crippen LogP contribution in [0.5, 0.6) is 0 Å². The number of aromatic nitrogens is 1. The summed E-state index contributed by atoms with van der Waals surface area (Å²) in [6.07, 6.45) is 5.75. The van der Waals surface area contributed by atoms with Crippen LogP contribution in [0.15, 0.2) is 5.38 Å². The van der Waals surface area contributed by atoms with E-state index in [0.717, 1.165) is 16.9 Å². The number of aliphatic carboxylic acids is 1. The van der Waals surface area contributed by atoms with Crippen LogP contribution in [0.3, 0.4) is 0 Å². The number of aryl methyl sites for hydroxylation is 1. The van der Waals surface area contributed by atoms with Gasteiger partial charge in [-0.3, -0.25) is 4.79 Å². The van der Waals surface area contributed by atoms with E-state index in [2.05, 4.69) is 15.2 Å². The van der Waals surface area contributed by atoms with E-state index in [-0.39, 0.29) is 6.42 Å². The van der Waals surface area contributed by atoms with Gasteiger partial charge in [-0.25, -0.2) is 4.98 Å². The van der Waals surface area contributed by atoms with Crippen molar-refractivity contribution in [1.29, 1.82) is 0 Å². The van der Waals surface area contributed by atoms with Gasteiger partial charge in [0.15, 0.2) is 5.13 Å². The summed E-state index contributed by atoms with van der Waals surface area (Å²) in [6, 6.07) is 1.28. The highest BCUT2D eigenvalue weighted by Crippen LogP contribution is 2.29. The number of rotatable bonds is 5. The minimum absolute atomic E-state index is 0.156. The minimum Gasteiger partial charge on any atom is -0.481 e. The van der Waals surface area contributed by atoms with Gasteiger partial charge in [0.1, 0.15) is 0 Å². The molecule has 0 saturated carbocycles. The second-order valence-corrected chi connectivity index (χ2v) is 6.59. The Morgan fingerprint density at radius 2 is 2.40 bits per heavy atom. The van der Waals surface area contributed by atoms with Crippen molar-refractivity contribution in [3.05, 3.63) is 11.1 Å². The number of hydrogen-bond donors (Lipinski definition) is 2. The summed E-state index contributed by atoms with van der Waals surface area (Å²) in [4.78, 5) is 17.7. The number of fused-ring (bicyclic) bond motifs is 1. The molecule has 2 atom stereocenters. The number of piperidine rings is 1. The van der Waals surface area contributed by atoms with Crippen molar-refractivity contribution < 1.29 is 9.90 Å². The van der Waals surface area contributed by atoms with E-state index in [0.29, 0.717) is 12.5 Å². The third-order valence-corrected chi connectivity index (χ3v) is 5.12. The fourth-order valence-corrected chi connectivity index (χ4v) is 4.08. The van der Waals surface area contributed by atoms with Crippen molar-refractivity contribution in [3.63, 3.8) is 0 Å². The van der Waals surface area contributed by atoms with E-state index in [1.165, 1.54) is 38.8 Å². The largest absolute Gasteiger partial charge is 0.481 e. The van der Waals surface area contributed by atoms with Gasteiger partial charge in [-0.05, 0) is 32.2 Å². The molecule has 2 fully saturated rings. The van der Waals surface area contributed by atoms with Gasteiger partial charge in [0, 0.05) is 30.4 Å². The minimum atomic E-state index is -0.763. The topological polar surface area (TPSA) is 65.5 Å². The van der Waals surface area contributed by atoms with Crippen molar-refractivity contribution in [2.45, 2.75) is 50.6 Å². The Hall–Kier alpha value is -1.14. The smallest absolute Gasteiger partial charge is 0.303 e. The number of nitrogens with zero attached hydrogens (tertiary/aromatic N) is 2. The second kappa shape index (κ2) is 6.10.